The number of hydrogen-bond acceptors (Lipinski definition) is 17. The number of rotatable bonds is 10. The van der Waals surface area contributed by atoms with E-state index in [-0.39, 0.29) is 25.9 Å². The predicted octanol–water partition coefficient (Wildman–Crippen LogP) is -8.42. The topological polar surface area (TPSA) is 332 Å². The monoisotopic (exact) mass is 585 g/mol. The van der Waals surface area contributed by atoms with E-state index in [1.807, 2.05) is 0 Å². The van der Waals surface area contributed by atoms with Crippen LogP contribution in [0.3, 0.4) is 0 Å². The number of nitrogens with one attached hydrogen (secondary N) is 1. The molecule has 18 nitrogen and oxygen atoms in total. The normalized spacial score (nSPS) is 47.0. The van der Waals surface area contributed by atoms with Gasteiger partial charge in [0.2, 0.25) is 5.91 Å². The van der Waals surface area contributed by atoms with Crippen LogP contribution in [0.15, 0.2) is 0 Å². The minimum Gasteiger partial charge on any atom is -0.394 e. The molecule has 0 aromatic rings. The summed E-state index contributed by atoms with van der Waals surface area (Å²) >= 11 is 0. The van der Waals surface area contributed by atoms with Crippen molar-refractivity contribution in [1.29, 1.82) is 0 Å². The summed E-state index contributed by atoms with van der Waals surface area (Å²) in [5.41, 5.74) is 23.2. The Morgan fingerprint density at radius 2 is 1.48 bits per heavy atom. The number of aliphatic hydroxyl groups excluding tert-OH is 8. The summed E-state index contributed by atoms with van der Waals surface area (Å²) in [4.78, 5) is 12.6. The van der Waals surface area contributed by atoms with Crippen LogP contribution < -0.4 is 28.3 Å². The van der Waals surface area contributed by atoms with Crippen LogP contribution in [0, 0.1) is 0 Å². The van der Waals surface area contributed by atoms with Gasteiger partial charge in [-0.1, -0.05) is 0 Å². The molecule has 234 valence electrons. The van der Waals surface area contributed by atoms with Gasteiger partial charge < -0.3 is 88.1 Å². The molecule has 3 aliphatic rings. The molecule has 1 saturated carbocycles. The molecule has 0 bridgehead atoms. The van der Waals surface area contributed by atoms with Crippen molar-refractivity contribution in [3.8, 4) is 0 Å². The van der Waals surface area contributed by atoms with Crippen molar-refractivity contribution < 1.29 is 64.6 Å². The van der Waals surface area contributed by atoms with E-state index in [2.05, 4.69) is 5.32 Å². The maximum atomic E-state index is 12.6. The summed E-state index contributed by atoms with van der Waals surface area (Å²) in [5.74, 6) is -0.824. The highest BCUT2D eigenvalue weighted by Gasteiger charge is 2.52. The first kappa shape index (κ1) is 33.3. The maximum Gasteiger partial charge on any atom is 0.249 e. The molecule has 1 amide bonds. The molecule has 18 heteroatoms. The van der Waals surface area contributed by atoms with E-state index >= 15 is 0 Å². The van der Waals surface area contributed by atoms with Gasteiger partial charge in [-0.15, -0.1) is 0 Å². The zero-order valence-electron chi connectivity index (χ0n) is 21.7. The summed E-state index contributed by atoms with van der Waals surface area (Å²) in [6.45, 7) is -0.886. The van der Waals surface area contributed by atoms with Gasteiger partial charge in [0, 0.05) is 12.6 Å². The second kappa shape index (κ2) is 14.3. The van der Waals surface area contributed by atoms with E-state index in [9.17, 15) is 45.6 Å². The number of amides is 1. The standard InChI is InChI=1S/C22H43N5O13/c23-2-1-7(29)20(36)27-6-3-8(37-21-16(33)12(26)13(30)10(5-28)39-21)15(32)19(11(6)25)40-22-18(35)17(34)14(31)9(4-24)38-22/h6-19,21-22,28-35H,1-5,23-26H2,(H,27,36)/t6?,7-,8?,9?,10?,11+,12-,13+,14+,15?,16?,17-,18?,19+,21-,22-/m0/s1. The molecule has 1 aliphatic carbocycles. The zero-order chi connectivity index (χ0) is 29.9. The highest BCUT2D eigenvalue weighted by molar-refractivity contribution is 5.80. The van der Waals surface area contributed by atoms with Crippen LogP contribution in [0.25, 0.3) is 0 Å². The van der Waals surface area contributed by atoms with Crippen LogP contribution in [-0.4, -0.2) is 164 Å². The Morgan fingerprint density at radius 3 is 2.08 bits per heavy atom. The van der Waals surface area contributed by atoms with Crippen molar-refractivity contribution in [3.63, 3.8) is 0 Å². The molecule has 3 rings (SSSR count). The highest BCUT2D eigenvalue weighted by Crippen LogP contribution is 2.32. The fourth-order valence-corrected chi connectivity index (χ4v) is 5.02. The summed E-state index contributed by atoms with van der Waals surface area (Å²) in [6.07, 6.45) is -19.7. The highest BCUT2D eigenvalue weighted by atomic mass is 16.7. The van der Waals surface area contributed by atoms with Crippen LogP contribution in [-0.2, 0) is 23.7 Å². The number of nitrogens with two attached hydrogens (primary N) is 4. The van der Waals surface area contributed by atoms with Gasteiger partial charge in [-0.2, -0.15) is 0 Å². The number of carbonyl (C=O) groups is 1. The predicted molar refractivity (Wildman–Crippen MR) is 131 cm³/mol. The lowest BCUT2D eigenvalue weighted by Crippen LogP contribution is -2.69. The fraction of sp³-hybridized carbons (Fsp3) is 0.955. The Labute approximate surface area is 229 Å². The van der Waals surface area contributed by atoms with Gasteiger partial charge in [-0.25, -0.2) is 0 Å². The second-order valence-electron chi connectivity index (χ2n) is 10.3. The smallest absolute Gasteiger partial charge is 0.249 e. The minimum absolute atomic E-state index is 0.0178. The molecular formula is C22H43N5O13. The van der Waals surface area contributed by atoms with Gasteiger partial charge in [0.25, 0.3) is 0 Å². The molecule has 40 heavy (non-hydrogen) atoms. The maximum absolute atomic E-state index is 12.6. The Bertz CT molecular complexity index is 815. The average Bonchev–Trinajstić information content (AvgIpc) is 2.93. The van der Waals surface area contributed by atoms with Gasteiger partial charge in [0.15, 0.2) is 12.6 Å². The molecule has 0 spiro atoms. The zero-order valence-corrected chi connectivity index (χ0v) is 21.7. The molecule has 0 aromatic carbocycles. The lowest BCUT2D eigenvalue weighted by molar-refractivity contribution is -0.331. The summed E-state index contributed by atoms with van der Waals surface area (Å²) < 4.78 is 22.5. The van der Waals surface area contributed by atoms with Gasteiger partial charge in [0.1, 0.15) is 61.0 Å². The first-order valence-corrected chi connectivity index (χ1v) is 13.1. The second-order valence-corrected chi connectivity index (χ2v) is 10.3. The van der Waals surface area contributed by atoms with Gasteiger partial charge >= 0.3 is 0 Å². The lowest BCUT2D eigenvalue weighted by atomic mass is 9.83. The quantitative estimate of drug-likeness (QED) is 0.113. The van der Waals surface area contributed by atoms with E-state index in [4.69, 9.17) is 41.9 Å². The van der Waals surface area contributed by atoms with Crippen molar-refractivity contribution in [1.82, 2.24) is 5.32 Å². The van der Waals surface area contributed by atoms with Crippen molar-refractivity contribution in [2.24, 2.45) is 22.9 Å². The Hall–Kier alpha value is -1.17. The van der Waals surface area contributed by atoms with Gasteiger partial charge in [-0.3, -0.25) is 4.79 Å². The molecule has 0 aromatic heterocycles. The van der Waals surface area contributed by atoms with Crippen LogP contribution >= 0.6 is 0 Å². The van der Waals surface area contributed by atoms with Crippen molar-refractivity contribution >= 4 is 5.91 Å². The largest absolute Gasteiger partial charge is 0.394 e. The summed E-state index contributed by atoms with van der Waals surface area (Å²) in [5, 5.41) is 84.7. The Balaban J connectivity index is 1.85. The summed E-state index contributed by atoms with van der Waals surface area (Å²) in [6, 6.07) is -3.51. The summed E-state index contributed by atoms with van der Waals surface area (Å²) in [7, 11) is 0. The number of carbonyl (C=O) groups excluding carboxylic acids is 1. The van der Waals surface area contributed by atoms with E-state index < -0.39 is 110 Å². The minimum atomic E-state index is -1.79. The molecule has 17 N–H and O–H groups in total. The third-order valence-electron chi connectivity index (χ3n) is 7.56. The van der Waals surface area contributed by atoms with Crippen molar-refractivity contribution in [2.45, 2.75) is 111 Å². The van der Waals surface area contributed by atoms with E-state index in [0.717, 1.165) is 0 Å². The lowest BCUT2D eigenvalue weighted by Gasteiger charge is -2.48. The number of aliphatic hydroxyl groups is 8. The molecule has 7 unspecified atom stereocenters. The van der Waals surface area contributed by atoms with Crippen LogP contribution in [0.5, 0.6) is 0 Å². The molecular weight excluding hydrogens is 542 g/mol. The van der Waals surface area contributed by atoms with Gasteiger partial charge in [0.05, 0.1) is 24.8 Å². The van der Waals surface area contributed by atoms with Crippen LogP contribution in [0.2, 0.25) is 0 Å². The molecule has 2 saturated heterocycles. The Morgan fingerprint density at radius 1 is 0.850 bits per heavy atom. The molecule has 2 aliphatic heterocycles. The van der Waals surface area contributed by atoms with Crippen molar-refractivity contribution in [2.75, 3.05) is 19.7 Å². The van der Waals surface area contributed by atoms with Crippen molar-refractivity contribution in [3.05, 3.63) is 0 Å². The molecule has 2 heterocycles. The van der Waals surface area contributed by atoms with Gasteiger partial charge in [-0.05, 0) is 19.4 Å². The molecule has 16 atom stereocenters. The SMILES string of the molecule is NCC[C@H](O)C(=O)NC1CC(O[C@H]2OC(CO)[C@@H](O)[C@H](N)C2O)C(O)[C@H](O[C@@H]2OC(CN)[C@@H](O)[C@H](O)C2O)[C@@H]1N. The number of hydrogen-bond donors (Lipinski definition) is 13. The molecule has 0 radical (unpaired) electrons. The van der Waals surface area contributed by atoms with E-state index in [0.29, 0.717) is 0 Å². The first-order chi connectivity index (χ1) is 18.9. The number of ether oxygens (including phenoxy) is 4. The van der Waals surface area contributed by atoms with E-state index in [1.54, 1.807) is 0 Å². The Kier molecular flexibility index (Phi) is 11.9. The van der Waals surface area contributed by atoms with Crippen LogP contribution in [0.4, 0.5) is 0 Å². The third-order valence-corrected chi connectivity index (χ3v) is 7.56. The van der Waals surface area contributed by atoms with Crippen LogP contribution in [0.1, 0.15) is 12.8 Å². The van der Waals surface area contributed by atoms with E-state index in [1.165, 1.54) is 0 Å². The third kappa shape index (κ3) is 7.06. The first-order valence-electron chi connectivity index (χ1n) is 13.1. The average molecular weight is 586 g/mol. The fourth-order valence-electron chi connectivity index (χ4n) is 5.02. The molecule has 3 fully saturated rings.